The van der Waals surface area contributed by atoms with Crippen molar-refractivity contribution in [2.24, 2.45) is 5.73 Å². The number of primary amides is 1. The van der Waals surface area contributed by atoms with Crippen molar-refractivity contribution in [3.63, 3.8) is 0 Å². The lowest BCUT2D eigenvalue weighted by Gasteiger charge is -1.96. The summed E-state index contributed by atoms with van der Waals surface area (Å²) in [4.78, 5) is 21.1. The van der Waals surface area contributed by atoms with Crippen molar-refractivity contribution < 1.29 is 14.7 Å². The van der Waals surface area contributed by atoms with Crippen LogP contribution in [0.5, 0.6) is 0 Å². The molecule has 0 fully saturated rings. The van der Waals surface area contributed by atoms with Gasteiger partial charge in [-0.1, -0.05) is 24.3 Å². The van der Waals surface area contributed by atoms with E-state index < -0.39 is 11.9 Å². The summed E-state index contributed by atoms with van der Waals surface area (Å²) in [6.07, 6.45) is 3.11. The van der Waals surface area contributed by atoms with E-state index in [1.165, 1.54) is 6.08 Å². The first-order valence-electron chi connectivity index (χ1n) is 4.38. The molecule has 0 spiro atoms. The second-order valence-corrected chi connectivity index (χ2v) is 2.99. The molecule has 4 heteroatoms. The van der Waals surface area contributed by atoms with Crippen LogP contribution in [0, 0.1) is 0 Å². The Labute approximate surface area is 87.0 Å². The molecule has 0 saturated carbocycles. The average molecular weight is 205 g/mol. The molecule has 1 aromatic rings. The summed E-state index contributed by atoms with van der Waals surface area (Å²) < 4.78 is 0. The van der Waals surface area contributed by atoms with Gasteiger partial charge in [0.15, 0.2) is 0 Å². The van der Waals surface area contributed by atoms with Crippen molar-refractivity contribution >= 4 is 18.0 Å². The number of amides is 1. The maximum Gasteiger partial charge on any atom is 0.307 e. The zero-order valence-electron chi connectivity index (χ0n) is 8.01. The summed E-state index contributed by atoms with van der Waals surface area (Å²) >= 11 is 0. The maximum absolute atomic E-state index is 10.8. The Morgan fingerprint density at radius 2 is 2.13 bits per heavy atom. The summed E-state index contributed by atoms with van der Waals surface area (Å²) in [5, 5.41) is 8.41. The highest BCUT2D eigenvalue weighted by atomic mass is 16.4. The Morgan fingerprint density at radius 1 is 1.40 bits per heavy atom. The van der Waals surface area contributed by atoms with Gasteiger partial charge in [-0.2, -0.15) is 0 Å². The van der Waals surface area contributed by atoms with Crippen LogP contribution in [-0.2, 0) is 4.79 Å². The van der Waals surface area contributed by atoms with E-state index in [0.717, 1.165) is 5.56 Å². The summed E-state index contributed by atoms with van der Waals surface area (Å²) in [7, 11) is 0. The van der Waals surface area contributed by atoms with Crippen LogP contribution < -0.4 is 5.73 Å². The van der Waals surface area contributed by atoms with Crippen LogP contribution in [0.3, 0.4) is 0 Å². The number of carboxylic acid groups (broad SMARTS) is 1. The zero-order chi connectivity index (χ0) is 11.3. The minimum absolute atomic E-state index is 0.0409. The van der Waals surface area contributed by atoms with Crippen molar-refractivity contribution in [3.8, 4) is 0 Å². The molecule has 0 aromatic heterocycles. The van der Waals surface area contributed by atoms with Gasteiger partial charge in [0.05, 0.1) is 6.42 Å². The molecule has 0 bridgehead atoms. The van der Waals surface area contributed by atoms with E-state index in [9.17, 15) is 9.59 Å². The smallest absolute Gasteiger partial charge is 0.307 e. The van der Waals surface area contributed by atoms with E-state index in [2.05, 4.69) is 0 Å². The van der Waals surface area contributed by atoms with E-state index in [0.29, 0.717) is 5.56 Å². The first-order chi connectivity index (χ1) is 7.09. The predicted molar refractivity (Wildman–Crippen MR) is 56.2 cm³/mol. The minimum Gasteiger partial charge on any atom is -0.481 e. The van der Waals surface area contributed by atoms with E-state index in [1.807, 2.05) is 0 Å². The predicted octanol–water partition coefficient (Wildman–Crippen LogP) is 1.27. The maximum atomic E-state index is 10.8. The van der Waals surface area contributed by atoms with Gasteiger partial charge in [0, 0.05) is 5.56 Å². The van der Waals surface area contributed by atoms with E-state index >= 15 is 0 Å². The lowest BCUT2D eigenvalue weighted by Crippen LogP contribution is -2.10. The van der Waals surface area contributed by atoms with E-state index in [-0.39, 0.29) is 6.42 Å². The summed E-state index contributed by atoms with van der Waals surface area (Å²) in [6.45, 7) is 0. The third-order valence-corrected chi connectivity index (χ3v) is 1.77. The molecule has 1 amide bonds. The van der Waals surface area contributed by atoms with E-state index in [1.54, 1.807) is 30.3 Å². The zero-order valence-corrected chi connectivity index (χ0v) is 8.01. The van der Waals surface area contributed by atoms with E-state index in [4.69, 9.17) is 10.8 Å². The topological polar surface area (TPSA) is 80.4 Å². The molecule has 4 nitrogen and oxygen atoms in total. The Kier molecular flexibility index (Phi) is 3.62. The van der Waals surface area contributed by atoms with Crippen LogP contribution in [0.4, 0.5) is 0 Å². The Morgan fingerprint density at radius 3 is 2.73 bits per heavy atom. The number of rotatable bonds is 4. The van der Waals surface area contributed by atoms with Crippen molar-refractivity contribution in [2.45, 2.75) is 6.42 Å². The van der Waals surface area contributed by atoms with Gasteiger partial charge in [-0.15, -0.1) is 0 Å². The van der Waals surface area contributed by atoms with Crippen LogP contribution in [0.25, 0.3) is 6.08 Å². The van der Waals surface area contributed by atoms with Crippen molar-refractivity contribution in [2.75, 3.05) is 0 Å². The first-order valence-corrected chi connectivity index (χ1v) is 4.38. The molecule has 0 heterocycles. The first kappa shape index (κ1) is 11.0. The minimum atomic E-state index is -0.891. The molecule has 0 radical (unpaired) electrons. The average Bonchev–Trinajstić information content (AvgIpc) is 2.17. The fraction of sp³-hybridized carbons (Fsp3) is 0.0909. The van der Waals surface area contributed by atoms with Crippen LogP contribution in [0.2, 0.25) is 0 Å². The van der Waals surface area contributed by atoms with Crippen molar-refractivity contribution in [1.82, 2.24) is 0 Å². The second kappa shape index (κ2) is 4.95. The molecule has 0 aliphatic rings. The highest BCUT2D eigenvalue weighted by Gasteiger charge is 1.99. The largest absolute Gasteiger partial charge is 0.481 e. The number of carbonyl (C=O) groups excluding carboxylic acids is 1. The third-order valence-electron chi connectivity index (χ3n) is 1.77. The summed E-state index contributed by atoms with van der Waals surface area (Å²) in [5.74, 6) is -1.39. The summed E-state index contributed by atoms with van der Waals surface area (Å²) in [5.41, 5.74) is 6.27. The normalized spacial score (nSPS) is 10.4. The number of nitrogens with two attached hydrogens (primary N) is 1. The molecule has 1 aromatic carbocycles. The van der Waals surface area contributed by atoms with Gasteiger partial charge in [0.1, 0.15) is 0 Å². The number of hydrogen-bond donors (Lipinski definition) is 2. The van der Waals surface area contributed by atoms with Gasteiger partial charge >= 0.3 is 5.97 Å². The summed E-state index contributed by atoms with van der Waals surface area (Å²) in [6, 6.07) is 6.68. The van der Waals surface area contributed by atoms with Crippen LogP contribution in [0.1, 0.15) is 22.3 Å². The molecule has 0 aliphatic heterocycles. The fourth-order valence-electron chi connectivity index (χ4n) is 1.09. The Hall–Kier alpha value is -2.10. The quantitative estimate of drug-likeness (QED) is 0.776. The third kappa shape index (κ3) is 3.64. The lowest BCUT2D eigenvalue weighted by atomic mass is 10.1. The molecule has 0 unspecified atom stereocenters. The van der Waals surface area contributed by atoms with Gasteiger partial charge in [-0.3, -0.25) is 9.59 Å². The van der Waals surface area contributed by atoms with Crippen LogP contribution >= 0.6 is 0 Å². The lowest BCUT2D eigenvalue weighted by molar-refractivity contribution is -0.135. The highest BCUT2D eigenvalue weighted by Crippen LogP contribution is 2.06. The number of aliphatic carboxylic acids is 1. The molecule has 0 saturated heterocycles. The number of carboxylic acids is 1. The molecule has 15 heavy (non-hydrogen) atoms. The van der Waals surface area contributed by atoms with Gasteiger partial charge < -0.3 is 10.8 Å². The molecule has 0 aliphatic carbocycles. The van der Waals surface area contributed by atoms with Gasteiger partial charge in [0.25, 0.3) is 0 Å². The van der Waals surface area contributed by atoms with Gasteiger partial charge in [-0.05, 0) is 17.7 Å². The number of benzene rings is 1. The molecular weight excluding hydrogens is 194 g/mol. The molecule has 78 valence electrons. The number of carbonyl (C=O) groups is 2. The SMILES string of the molecule is NC(=O)c1cccc(C=CCC(=O)O)c1. The molecule has 1 rings (SSSR count). The Balaban J connectivity index is 2.78. The highest BCUT2D eigenvalue weighted by molar-refractivity contribution is 5.93. The fourth-order valence-corrected chi connectivity index (χ4v) is 1.09. The monoisotopic (exact) mass is 205 g/mol. The standard InChI is InChI=1S/C11H11NO3/c12-11(15)9-5-1-3-8(7-9)4-2-6-10(13)14/h1-5,7H,6H2,(H2,12,15)(H,13,14). The van der Waals surface area contributed by atoms with Gasteiger partial charge in [0.2, 0.25) is 5.91 Å². The van der Waals surface area contributed by atoms with Crippen molar-refractivity contribution in [3.05, 3.63) is 41.5 Å². The molecular formula is C11H11NO3. The molecule has 3 N–H and O–H groups in total. The van der Waals surface area contributed by atoms with Crippen LogP contribution in [-0.4, -0.2) is 17.0 Å². The van der Waals surface area contributed by atoms with Crippen molar-refractivity contribution in [1.29, 1.82) is 0 Å². The Bertz CT molecular complexity index is 410. The second-order valence-electron chi connectivity index (χ2n) is 2.99. The molecule has 0 atom stereocenters. The van der Waals surface area contributed by atoms with Gasteiger partial charge in [-0.25, -0.2) is 0 Å². The number of hydrogen-bond acceptors (Lipinski definition) is 2. The van der Waals surface area contributed by atoms with Crippen LogP contribution in [0.15, 0.2) is 30.3 Å².